The van der Waals surface area contributed by atoms with E-state index >= 15 is 0 Å². The fourth-order valence-corrected chi connectivity index (χ4v) is 5.58. The van der Waals surface area contributed by atoms with Gasteiger partial charge in [-0.3, -0.25) is 39.3 Å². The van der Waals surface area contributed by atoms with Crippen molar-refractivity contribution in [3.05, 3.63) is 92.0 Å². The van der Waals surface area contributed by atoms with Crippen molar-refractivity contribution in [3.63, 3.8) is 0 Å². The molecule has 56 heavy (non-hydrogen) atoms. The number of amides is 2. The van der Waals surface area contributed by atoms with Crippen LogP contribution in [-0.2, 0) is 47.9 Å². The maximum absolute atomic E-state index is 12.7. The van der Waals surface area contributed by atoms with Gasteiger partial charge in [0.25, 0.3) is 11.6 Å². The molecule has 0 fully saturated rings. The number of nitro groups is 1. The van der Waals surface area contributed by atoms with E-state index in [1.54, 1.807) is 16.7 Å². The van der Waals surface area contributed by atoms with E-state index in [1.807, 2.05) is 18.2 Å². The van der Waals surface area contributed by atoms with Gasteiger partial charge in [-0.1, -0.05) is 43.6 Å². The molecule has 0 aliphatic heterocycles. The standard InChI is InChI=1S/C15H10ClF3N2O6S.C14H20ClNO2.C3H8NO5P/c1-28(25,26)20-14(22)10-7-9(3-4-12(10)21(23)24)27-13-5-2-8(6-11(13)16)15(17,18)19;1-4-11-7-6-8-12(5-2)14(11)16(10-18-3)13(17)9-15;5-3(6)1-4-2-10(7,8)9/h2-7H,1H3,(H,20,22);6-8H,4-5,9-10H2,1-3H3;4H,1-2H2,(H,5,6)(H2,7,8,9). The maximum atomic E-state index is 12.7. The second kappa shape index (κ2) is 22.4. The Bertz CT molecular complexity index is 2000. The normalized spacial score (nSPS) is 11.3. The number of methoxy groups -OCH3 is 1. The molecule has 3 rings (SSSR count). The molecule has 0 saturated heterocycles. The van der Waals surface area contributed by atoms with Gasteiger partial charge >= 0.3 is 19.7 Å². The number of aryl methyl sites for hydroxylation is 2. The predicted molar refractivity (Wildman–Crippen MR) is 200 cm³/mol. The smallest absolute Gasteiger partial charge is 0.416 e. The third-order valence-corrected chi connectivity index (χ3v) is 8.39. The van der Waals surface area contributed by atoms with Crippen molar-refractivity contribution in [3.8, 4) is 11.5 Å². The van der Waals surface area contributed by atoms with Crippen LogP contribution in [0.1, 0.15) is 40.9 Å². The minimum atomic E-state index is -4.62. The highest BCUT2D eigenvalue weighted by Crippen LogP contribution is 2.37. The number of carbonyl (C=O) groups is 3. The number of carboxylic acid groups (broad SMARTS) is 1. The zero-order valence-corrected chi connectivity index (χ0v) is 33.2. The molecular weight excluding hydrogens is 839 g/mol. The molecule has 0 atom stereocenters. The molecule has 0 aromatic heterocycles. The number of rotatable bonds is 15. The summed E-state index contributed by atoms with van der Waals surface area (Å²) in [6.45, 7) is 3.95. The molecule has 3 aromatic carbocycles. The molecule has 0 aliphatic rings. The molecule has 24 heteroatoms. The molecule has 0 bridgehead atoms. The van der Waals surface area contributed by atoms with Crippen LogP contribution in [0, 0.1) is 10.1 Å². The van der Waals surface area contributed by atoms with Gasteiger partial charge in [-0.15, -0.1) is 11.6 Å². The molecular formula is C32H38Cl2F3N4O13PS. The zero-order valence-electron chi connectivity index (χ0n) is 30.0. The summed E-state index contributed by atoms with van der Waals surface area (Å²) in [5, 5.41) is 20.7. The summed E-state index contributed by atoms with van der Waals surface area (Å²) in [7, 11) is -6.52. The number of hydrogen-bond donors (Lipinski definition) is 5. The lowest BCUT2D eigenvalue weighted by Crippen LogP contribution is -2.35. The van der Waals surface area contributed by atoms with E-state index in [2.05, 4.69) is 19.2 Å². The van der Waals surface area contributed by atoms with Gasteiger partial charge in [0.1, 0.15) is 29.7 Å². The van der Waals surface area contributed by atoms with Gasteiger partial charge in [-0.2, -0.15) is 13.2 Å². The second-order valence-corrected chi connectivity index (χ2v) is 15.1. The van der Waals surface area contributed by atoms with E-state index < -0.39 is 75.3 Å². The summed E-state index contributed by atoms with van der Waals surface area (Å²) < 4.78 is 82.4. The molecule has 0 aliphatic carbocycles. The Morgan fingerprint density at radius 3 is 2.05 bits per heavy atom. The van der Waals surface area contributed by atoms with Crippen LogP contribution in [-0.4, -0.2) is 84.8 Å². The Hall–Kier alpha value is -4.34. The fourth-order valence-electron chi connectivity index (χ4n) is 4.36. The highest BCUT2D eigenvalue weighted by molar-refractivity contribution is 7.89. The Kier molecular flexibility index (Phi) is 19.9. The van der Waals surface area contributed by atoms with Crippen LogP contribution in [0.2, 0.25) is 5.02 Å². The van der Waals surface area contributed by atoms with Crippen molar-refractivity contribution in [2.75, 3.05) is 43.7 Å². The van der Waals surface area contributed by atoms with Crippen LogP contribution in [0.4, 0.5) is 24.5 Å². The summed E-state index contributed by atoms with van der Waals surface area (Å²) in [5.41, 5.74) is 0.898. The number of nitrogens with zero attached hydrogens (tertiary/aromatic N) is 2. The summed E-state index contributed by atoms with van der Waals surface area (Å²) in [5.74, 6) is -2.99. The fraction of sp³-hybridized carbons (Fsp3) is 0.344. The number of sulfonamides is 1. The van der Waals surface area contributed by atoms with Crippen molar-refractivity contribution < 1.29 is 69.8 Å². The molecule has 0 heterocycles. The molecule has 0 radical (unpaired) electrons. The Morgan fingerprint density at radius 2 is 1.62 bits per heavy atom. The first-order valence-corrected chi connectivity index (χ1v) is 20.3. The molecule has 17 nitrogen and oxygen atoms in total. The number of nitrogens with one attached hydrogen (secondary N) is 2. The van der Waals surface area contributed by atoms with Gasteiger partial charge in [0.15, 0.2) is 0 Å². The number of carbonyl (C=O) groups excluding carboxylic acids is 2. The number of ether oxygens (including phenoxy) is 2. The first-order valence-electron chi connectivity index (χ1n) is 15.7. The van der Waals surface area contributed by atoms with Gasteiger partial charge in [0.05, 0.1) is 40.3 Å². The van der Waals surface area contributed by atoms with Gasteiger partial charge in [0.2, 0.25) is 15.9 Å². The average Bonchev–Trinajstić information content (AvgIpc) is 3.09. The van der Waals surface area contributed by atoms with Gasteiger partial charge in [0, 0.05) is 19.2 Å². The SMILES string of the molecule is CCc1cccc(CC)c1N(COC)C(=O)CCl.CS(=O)(=O)NC(=O)c1cc(Oc2ccc(C(F)(F)F)cc2Cl)ccc1[N+](=O)[O-].O=C(O)CNCP(=O)(O)O. The predicted octanol–water partition coefficient (Wildman–Crippen LogP) is 5.53. The number of hydrogen-bond acceptors (Lipinski definition) is 11. The highest BCUT2D eigenvalue weighted by atomic mass is 35.5. The summed E-state index contributed by atoms with van der Waals surface area (Å²) >= 11 is 11.4. The van der Waals surface area contributed by atoms with Crippen molar-refractivity contribution in [2.45, 2.75) is 32.9 Å². The number of nitro benzene ring substituents is 1. The lowest BCUT2D eigenvalue weighted by molar-refractivity contribution is -0.385. The Balaban J connectivity index is 0.000000477. The largest absolute Gasteiger partial charge is 0.480 e. The Morgan fingerprint density at radius 1 is 1.04 bits per heavy atom. The molecule has 2 amide bonds. The molecule has 0 saturated carbocycles. The van der Waals surface area contributed by atoms with Crippen LogP contribution >= 0.6 is 30.8 Å². The monoisotopic (exact) mass is 876 g/mol. The summed E-state index contributed by atoms with van der Waals surface area (Å²) in [6, 6.07) is 11.2. The van der Waals surface area contributed by atoms with E-state index in [0.717, 1.165) is 53.9 Å². The minimum absolute atomic E-state index is 0.0371. The zero-order chi connectivity index (χ0) is 43.0. The second-order valence-electron chi connectivity index (χ2n) is 11.0. The van der Waals surface area contributed by atoms with Crippen molar-refractivity contribution >= 4 is 70.0 Å². The number of aliphatic carboxylic acids is 1. The molecule has 3 aromatic rings. The minimum Gasteiger partial charge on any atom is -0.480 e. The van der Waals surface area contributed by atoms with E-state index in [-0.39, 0.29) is 30.0 Å². The van der Waals surface area contributed by atoms with Crippen molar-refractivity contribution in [1.82, 2.24) is 10.0 Å². The van der Waals surface area contributed by atoms with Crippen molar-refractivity contribution in [1.29, 1.82) is 0 Å². The lowest BCUT2D eigenvalue weighted by Gasteiger charge is -2.26. The summed E-state index contributed by atoms with van der Waals surface area (Å²) in [6.07, 6.45) is -2.79. The molecule has 5 N–H and O–H groups in total. The first kappa shape index (κ1) is 49.7. The number of benzene rings is 3. The van der Waals surface area contributed by atoms with Gasteiger partial charge < -0.3 is 24.4 Å². The first-order chi connectivity index (χ1) is 25.9. The van der Waals surface area contributed by atoms with E-state index in [9.17, 15) is 50.7 Å². The van der Waals surface area contributed by atoms with Gasteiger partial charge in [-0.05, 0) is 48.2 Å². The lowest BCUT2D eigenvalue weighted by atomic mass is 10.0. The van der Waals surface area contributed by atoms with E-state index in [0.29, 0.717) is 18.4 Å². The number of para-hydroxylation sites is 1. The number of anilines is 1. The topological polar surface area (TPSA) is 252 Å². The number of carboxylic acids is 1. The quantitative estimate of drug-likeness (QED) is 0.0414. The number of halogens is 5. The van der Waals surface area contributed by atoms with Crippen LogP contribution in [0.3, 0.4) is 0 Å². The summed E-state index contributed by atoms with van der Waals surface area (Å²) in [4.78, 5) is 61.9. The van der Waals surface area contributed by atoms with E-state index in [1.165, 1.54) is 0 Å². The van der Waals surface area contributed by atoms with Crippen LogP contribution in [0.25, 0.3) is 0 Å². The third-order valence-electron chi connectivity index (χ3n) is 6.68. The Labute approximate surface area is 329 Å². The van der Waals surface area contributed by atoms with Crippen LogP contribution in [0.15, 0.2) is 54.6 Å². The average molecular weight is 878 g/mol. The van der Waals surface area contributed by atoms with Crippen LogP contribution in [0.5, 0.6) is 11.5 Å². The number of alkyl halides is 4. The molecule has 310 valence electrons. The molecule has 0 unspecified atom stereocenters. The van der Waals surface area contributed by atoms with Gasteiger partial charge in [-0.25, -0.2) is 13.1 Å². The van der Waals surface area contributed by atoms with Crippen LogP contribution < -0.4 is 19.7 Å². The highest BCUT2D eigenvalue weighted by Gasteiger charge is 2.31. The molecule has 0 spiro atoms. The van der Waals surface area contributed by atoms with E-state index in [4.69, 9.17) is 47.6 Å². The van der Waals surface area contributed by atoms with Crippen molar-refractivity contribution in [2.24, 2.45) is 0 Å². The maximum Gasteiger partial charge on any atom is 0.416 e. The third kappa shape index (κ3) is 17.2.